The molecule has 0 saturated heterocycles. The third-order valence-corrected chi connectivity index (χ3v) is 5.01. The van der Waals surface area contributed by atoms with Gasteiger partial charge in [0, 0.05) is 0 Å². The first-order chi connectivity index (χ1) is 15.6. The maximum Gasteiger partial charge on any atom is 0.204 e. The van der Waals surface area contributed by atoms with Crippen LogP contribution in [0.1, 0.15) is 51.4 Å². The molecule has 0 radical (unpaired) electrons. The van der Waals surface area contributed by atoms with Gasteiger partial charge in [0.15, 0.2) is 34.8 Å². The molecular weight excluding hydrogens is 460 g/mol. The summed E-state index contributed by atoms with van der Waals surface area (Å²) in [7, 11) is 0. The molecule has 0 aliphatic rings. The van der Waals surface area contributed by atoms with Gasteiger partial charge in [0.25, 0.3) is 0 Å². The van der Waals surface area contributed by atoms with Crippen LogP contribution in [0.3, 0.4) is 0 Å². The Morgan fingerprint density at radius 1 is 0.576 bits per heavy atom. The van der Waals surface area contributed by atoms with Gasteiger partial charge in [-0.15, -0.1) is 6.58 Å². The number of halogens is 8. The van der Waals surface area contributed by atoms with E-state index in [1.807, 2.05) is 6.08 Å². The largest absolute Gasteiger partial charge is 0.503 e. The van der Waals surface area contributed by atoms with E-state index in [4.69, 9.17) is 9.84 Å². The van der Waals surface area contributed by atoms with Crippen LogP contribution in [0.4, 0.5) is 35.1 Å². The lowest BCUT2D eigenvalue weighted by Gasteiger charge is -2.15. The Hall–Kier alpha value is -2.78. The Balaban J connectivity index is 2.15. The number of hydrogen-bond acceptors (Lipinski definition) is 2. The minimum absolute atomic E-state index is 0.298. The van der Waals surface area contributed by atoms with Gasteiger partial charge in [-0.05, 0) is 19.3 Å². The van der Waals surface area contributed by atoms with Crippen LogP contribution in [0.5, 0.6) is 11.5 Å². The highest BCUT2D eigenvalue weighted by molar-refractivity contribution is 5.69. The number of phenols is 1. The average molecular weight is 482 g/mol. The van der Waals surface area contributed by atoms with Crippen LogP contribution in [0.25, 0.3) is 11.1 Å². The fourth-order valence-electron chi connectivity index (χ4n) is 3.25. The smallest absolute Gasteiger partial charge is 0.204 e. The molecule has 0 bridgehead atoms. The summed E-state index contributed by atoms with van der Waals surface area (Å²) in [6.45, 7) is 3.33. The highest BCUT2D eigenvalue weighted by Gasteiger charge is 2.34. The van der Waals surface area contributed by atoms with Crippen molar-refractivity contribution in [2.75, 3.05) is 6.61 Å². The van der Waals surface area contributed by atoms with Crippen molar-refractivity contribution in [2.24, 2.45) is 0 Å². The normalized spacial score (nSPS) is 11.2. The first kappa shape index (κ1) is 26.5. The van der Waals surface area contributed by atoms with Crippen LogP contribution in [-0.4, -0.2) is 11.7 Å². The lowest BCUT2D eigenvalue weighted by Crippen LogP contribution is -2.10. The molecule has 0 aromatic heterocycles. The highest BCUT2D eigenvalue weighted by atomic mass is 19.2. The molecule has 0 aliphatic carbocycles. The van der Waals surface area contributed by atoms with Crippen LogP contribution in [0.15, 0.2) is 12.7 Å². The van der Waals surface area contributed by atoms with E-state index in [1.165, 1.54) is 0 Å². The second-order valence-corrected chi connectivity index (χ2v) is 7.34. The van der Waals surface area contributed by atoms with E-state index in [2.05, 4.69) is 6.58 Å². The summed E-state index contributed by atoms with van der Waals surface area (Å²) in [5, 5.41) is 8.96. The van der Waals surface area contributed by atoms with Crippen molar-refractivity contribution < 1.29 is 45.0 Å². The molecule has 0 heterocycles. The molecule has 0 atom stereocenters. The summed E-state index contributed by atoms with van der Waals surface area (Å²) in [6, 6.07) is 0. The zero-order chi connectivity index (χ0) is 24.7. The van der Waals surface area contributed by atoms with Gasteiger partial charge in [-0.1, -0.05) is 38.2 Å². The maximum atomic E-state index is 14.4. The first-order valence-electron chi connectivity index (χ1n) is 10.3. The Labute approximate surface area is 185 Å². The molecule has 2 rings (SSSR count). The Morgan fingerprint density at radius 2 is 0.970 bits per heavy atom. The Bertz CT molecular complexity index is 949. The predicted octanol–water partition coefficient (Wildman–Crippen LogP) is 7.86. The Morgan fingerprint density at radius 3 is 1.42 bits per heavy atom. The number of rotatable bonds is 12. The van der Waals surface area contributed by atoms with Crippen LogP contribution in [0.2, 0.25) is 0 Å². The van der Waals surface area contributed by atoms with Crippen LogP contribution in [-0.2, 0) is 0 Å². The van der Waals surface area contributed by atoms with Gasteiger partial charge < -0.3 is 9.84 Å². The molecule has 2 aromatic carbocycles. The number of phenolic OH excluding ortho intramolecular Hbond substituents is 1. The highest BCUT2D eigenvalue weighted by Crippen LogP contribution is 2.41. The lowest BCUT2D eigenvalue weighted by molar-refractivity contribution is 0.263. The molecule has 33 heavy (non-hydrogen) atoms. The number of benzene rings is 2. The zero-order valence-electron chi connectivity index (χ0n) is 17.5. The molecule has 0 unspecified atom stereocenters. The van der Waals surface area contributed by atoms with Gasteiger partial charge in [-0.25, -0.2) is 17.6 Å². The van der Waals surface area contributed by atoms with Crippen molar-refractivity contribution >= 4 is 0 Å². The lowest BCUT2D eigenvalue weighted by atomic mass is 10.0. The van der Waals surface area contributed by atoms with Crippen LogP contribution in [0, 0.1) is 46.5 Å². The van der Waals surface area contributed by atoms with E-state index in [9.17, 15) is 35.1 Å². The molecule has 0 spiro atoms. The van der Waals surface area contributed by atoms with E-state index < -0.39 is 69.2 Å². The summed E-state index contributed by atoms with van der Waals surface area (Å²) in [4.78, 5) is 0. The molecule has 0 aliphatic heterocycles. The molecule has 182 valence electrons. The van der Waals surface area contributed by atoms with Crippen molar-refractivity contribution in [3.05, 3.63) is 59.2 Å². The topological polar surface area (TPSA) is 29.5 Å². The van der Waals surface area contributed by atoms with E-state index in [0.29, 0.717) is 12.8 Å². The van der Waals surface area contributed by atoms with Crippen molar-refractivity contribution in [3.63, 3.8) is 0 Å². The van der Waals surface area contributed by atoms with Gasteiger partial charge in [0.05, 0.1) is 17.7 Å². The molecule has 10 heteroatoms. The van der Waals surface area contributed by atoms with E-state index in [1.54, 1.807) is 0 Å². The van der Waals surface area contributed by atoms with Gasteiger partial charge >= 0.3 is 0 Å². The molecule has 2 nitrogen and oxygen atoms in total. The minimum Gasteiger partial charge on any atom is -0.503 e. The SMILES string of the molecule is C=CCCCCCCCCCOc1c(F)c(F)c(-c2c(F)c(F)c(O)c(F)c2F)c(F)c1F. The molecule has 0 saturated carbocycles. The minimum atomic E-state index is -2.43. The number of unbranched alkanes of at least 4 members (excludes halogenated alkanes) is 7. The zero-order valence-corrected chi connectivity index (χ0v) is 17.5. The predicted molar refractivity (Wildman–Crippen MR) is 106 cm³/mol. The number of ether oxygens (including phenoxy) is 1. The molecular formula is C23H22F8O2. The molecule has 0 fully saturated rings. The van der Waals surface area contributed by atoms with Crippen LogP contribution >= 0.6 is 0 Å². The van der Waals surface area contributed by atoms with Crippen LogP contribution < -0.4 is 4.74 Å². The van der Waals surface area contributed by atoms with E-state index in [0.717, 1.165) is 38.5 Å². The van der Waals surface area contributed by atoms with E-state index >= 15 is 0 Å². The second kappa shape index (κ2) is 11.9. The third kappa shape index (κ3) is 5.78. The maximum absolute atomic E-state index is 14.4. The van der Waals surface area contributed by atoms with Crippen molar-refractivity contribution in [1.29, 1.82) is 0 Å². The van der Waals surface area contributed by atoms with Gasteiger partial charge in [-0.3, -0.25) is 0 Å². The fraction of sp³-hybridized carbons (Fsp3) is 0.391. The van der Waals surface area contributed by atoms with Crippen molar-refractivity contribution in [3.8, 4) is 22.6 Å². The summed E-state index contributed by atoms with van der Waals surface area (Å²) in [5.74, 6) is -22.1. The fourth-order valence-corrected chi connectivity index (χ4v) is 3.25. The van der Waals surface area contributed by atoms with Gasteiger partial charge in [0.1, 0.15) is 0 Å². The summed E-state index contributed by atoms with van der Waals surface area (Å²) in [5.41, 5.74) is -4.06. The van der Waals surface area contributed by atoms with Gasteiger partial charge in [0.2, 0.25) is 23.3 Å². The second-order valence-electron chi connectivity index (χ2n) is 7.34. The van der Waals surface area contributed by atoms with Crippen molar-refractivity contribution in [1.82, 2.24) is 0 Å². The van der Waals surface area contributed by atoms with Crippen molar-refractivity contribution in [2.45, 2.75) is 51.4 Å². The number of hydrogen-bond donors (Lipinski definition) is 1. The first-order valence-corrected chi connectivity index (χ1v) is 10.3. The van der Waals surface area contributed by atoms with E-state index in [-0.39, 0.29) is 6.61 Å². The standard InChI is InChI=1S/C23H22F8O2/c1-2-3-4-5-6-7-8-9-10-11-33-23-20(30)16(26)13(17(27)21(23)31)12-14(24)18(28)22(32)19(29)15(12)25/h2,32H,1,3-11H2. The molecule has 2 aromatic rings. The quantitative estimate of drug-likeness (QED) is 0.144. The summed E-state index contributed by atoms with van der Waals surface area (Å²) in [6.07, 6.45) is 8.52. The molecule has 0 amide bonds. The monoisotopic (exact) mass is 482 g/mol. The average Bonchev–Trinajstić information content (AvgIpc) is 2.80. The number of allylic oxidation sites excluding steroid dienone is 1. The number of aromatic hydroxyl groups is 1. The molecule has 1 N–H and O–H groups in total. The summed E-state index contributed by atoms with van der Waals surface area (Å²) < 4.78 is 117. The Kier molecular flexibility index (Phi) is 9.55. The summed E-state index contributed by atoms with van der Waals surface area (Å²) >= 11 is 0. The van der Waals surface area contributed by atoms with Gasteiger partial charge in [-0.2, -0.15) is 17.6 Å². The third-order valence-electron chi connectivity index (χ3n) is 5.01.